The molecule has 59 heavy (non-hydrogen) atoms. The van der Waals surface area contributed by atoms with Crippen LogP contribution in [0.4, 0.5) is 0 Å². The fourth-order valence-corrected chi connectivity index (χ4v) is 10.1. The van der Waals surface area contributed by atoms with Crippen molar-refractivity contribution in [2.75, 3.05) is 0 Å². The third-order valence-corrected chi connectivity index (χ3v) is 13.2. The molecular formula is C59H40. The highest BCUT2D eigenvalue weighted by Crippen LogP contribution is 2.51. The summed E-state index contributed by atoms with van der Waals surface area (Å²) in [6, 6.07) is 77.3. The Morgan fingerprint density at radius 2 is 0.661 bits per heavy atom. The average Bonchev–Trinajstić information content (AvgIpc) is 3.52. The zero-order chi connectivity index (χ0) is 39.2. The van der Waals surface area contributed by atoms with Crippen LogP contribution in [0.25, 0.3) is 109 Å². The molecule has 0 saturated carbocycles. The average molecular weight is 749 g/mol. The second-order valence-corrected chi connectivity index (χ2v) is 16.9. The van der Waals surface area contributed by atoms with Crippen molar-refractivity contribution in [1.82, 2.24) is 0 Å². The van der Waals surface area contributed by atoms with E-state index in [-0.39, 0.29) is 5.41 Å². The van der Waals surface area contributed by atoms with Crippen LogP contribution in [0.5, 0.6) is 0 Å². The topological polar surface area (TPSA) is 0 Å². The van der Waals surface area contributed by atoms with Gasteiger partial charge < -0.3 is 0 Å². The Bertz CT molecular complexity index is 3530. The van der Waals surface area contributed by atoms with Crippen molar-refractivity contribution in [3.8, 4) is 55.6 Å². The molecule has 1 aliphatic rings. The van der Waals surface area contributed by atoms with Gasteiger partial charge in [-0.2, -0.15) is 0 Å². The summed E-state index contributed by atoms with van der Waals surface area (Å²) in [4.78, 5) is 0. The Balaban J connectivity index is 1.04. The van der Waals surface area contributed by atoms with Crippen LogP contribution in [0.3, 0.4) is 0 Å². The minimum atomic E-state index is -0.165. The van der Waals surface area contributed by atoms with Crippen molar-refractivity contribution < 1.29 is 0 Å². The smallest absolute Gasteiger partial charge is 0.0159 e. The van der Waals surface area contributed by atoms with E-state index < -0.39 is 0 Å². The fourth-order valence-electron chi connectivity index (χ4n) is 10.1. The Kier molecular flexibility index (Phi) is 7.38. The first kappa shape index (κ1) is 33.8. The lowest BCUT2D eigenvalue weighted by molar-refractivity contribution is 0.661. The minimum Gasteiger partial charge on any atom is -0.0616 e. The molecule has 0 aromatic heterocycles. The van der Waals surface area contributed by atoms with Gasteiger partial charge in [-0.3, -0.25) is 0 Å². The van der Waals surface area contributed by atoms with E-state index in [9.17, 15) is 0 Å². The van der Waals surface area contributed by atoms with Crippen molar-refractivity contribution in [2.24, 2.45) is 0 Å². The largest absolute Gasteiger partial charge is 0.0616 e. The maximum atomic E-state index is 2.47. The van der Waals surface area contributed by atoms with Gasteiger partial charge in [0.2, 0.25) is 0 Å². The van der Waals surface area contributed by atoms with Gasteiger partial charge in [0, 0.05) is 5.41 Å². The highest BCUT2D eigenvalue weighted by molar-refractivity contribution is 6.21. The predicted octanol–water partition coefficient (Wildman–Crippen LogP) is 16.4. The van der Waals surface area contributed by atoms with E-state index in [0.717, 1.165) is 0 Å². The summed E-state index contributed by atoms with van der Waals surface area (Å²) >= 11 is 0. The number of fused-ring (bicyclic) bond motifs is 10. The molecule has 12 rings (SSSR count). The molecule has 0 nitrogen and oxygen atoms in total. The van der Waals surface area contributed by atoms with Crippen LogP contribution < -0.4 is 0 Å². The molecule has 0 bridgehead atoms. The molecule has 0 fully saturated rings. The molecule has 0 aliphatic heterocycles. The van der Waals surface area contributed by atoms with Crippen LogP contribution in [0, 0.1) is 0 Å². The van der Waals surface area contributed by atoms with Crippen molar-refractivity contribution in [2.45, 2.75) is 19.3 Å². The van der Waals surface area contributed by atoms with E-state index in [1.54, 1.807) is 0 Å². The quantitative estimate of drug-likeness (QED) is 0.157. The van der Waals surface area contributed by atoms with Crippen LogP contribution in [0.1, 0.15) is 25.0 Å². The van der Waals surface area contributed by atoms with Crippen LogP contribution >= 0.6 is 0 Å². The van der Waals surface area contributed by atoms with Crippen LogP contribution in [0.15, 0.2) is 206 Å². The first-order valence-corrected chi connectivity index (χ1v) is 20.7. The Morgan fingerprint density at radius 1 is 0.237 bits per heavy atom. The number of hydrogen-bond donors (Lipinski definition) is 0. The van der Waals surface area contributed by atoms with E-state index in [0.29, 0.717) is 0 Å². The lowest BCUT2D eigenvalue weighted by Gasteiger charge is -2.23. The first-order chi connectivity index (χ1) is 29.0. The summed E-state index contributed by atoms with van der Waals surface area (Å²) in [5.41, 5.74) is 15.1. The summed E-state index contributed by atoms with van der Waals surface area (Å²) < 4.78 is 0. The van der Waals surface area contributed by atoms with E-state index in [2.05, 4.69) is 220 Å². The van der Waals surface area contributed by atoms with Gasteiger partial charge in [0.15, 0.2) is 0 Å². The van der Waals surface area contributed by atoms with Gasteiger partial charge >= 0.3 is 0 Å². The van der Waals surface area contributed by atoms with Crippen LogP contribution in [-0.2, 0) is 5.41 Å². The Hall–Kier alpha value is -7.28. The summed E-state index contributed by atoms with van der Waals surface area (Å²) in [6.07, 6.45) is 0. The number of hydrogen-bond acceptors (Lipinski definition) is 0. The van der Waals surface area contributed by atoms with Crippen LogP contribution in [-0.4, -0.2) is 0 Å². The molecule has 0 radical (unpaired) electrons. The zero-order valence-electron chi connectivity index (χ0n) is 33.1. The molecule has 11 aromatic carbocycles. The summed E-state index contributed by atoms with van der Waals surface area (Å²) in [6.45, 7) is 4.79. The molecule has 0 spiro atoms. The Morgan fingerprint density at radius 3 is 1.29 bits per heavy atom. The molecule has 0 amide bonds. The zero-order valence-corrected chi connectivity index (χ0v) is 33.1. The monoisotopic (exact) mass is 748 g/mol. The van der Waals surface area contributed by atoms with Crippen molar-refractivity contribution in [3.63, 3.8) is 0 Å². The maximum absolute atomic E-state index is 2.47. The highest BCUT2D eigenvalue weighted by atomic mass is 14.4. The normalized spacial score (nSPS) is 13.1. The molecule has 0 heteroatoms. The van der Waals surface area contributed by atoms with Gasteiger partial charge in [0.25, 0.3) is 0 Å². The van der Waals surface area contributed by atoms with Crippen molar-refractivity contribution in [1.29, 1.82) is 0 Å². The lowest BCUT2D eigenvalue weighted by Crippen LogP contribution is -2.15. The summed E-state index contributed by atoms with van der Waals surface area (Å²) in [7, 11) is 0. The fraction of sp³-hybridized carbons (Fsp3) is 0.0508. The number of benzene rings is 11. The molecule has 0 N–H and O–H groups in total. The second-order valence-electron chi connectivity index (χ2n) is 16.9. The highest BCUT2D eigenvalue weighted by Gasteiger charge is 2.36. The van der Waals surface area contributed by atoms with E-state index in [4.69, 9.17) is 0 Å². The molecule has 11 aromatic rings. The van der Waals surface area contributed by atoms with Crippen LogP contribution in [0.2, 0.25) is 0 Å². The van der Waals surface area contributed by atoms with Crippen molar-refractivity contribution in [3.05, 3.63) is 217 Å². The van der Waals surface area contributed by atoms with Gasteiger partial charge in [-0.15, -0.1) is 0 Å². The Labute approximate surface area is 344 Å². The van der Waals surface area contributed by atoms with E-state index in [1.807, 2.05) is 0 Å². The minimum absolute atomic E-state index is 0.165. The molecular weight excluding hydrogens is 709 g/mol. The van der Waals surface area contributed by atoms with Gasteiger partial charge in [0.1, 0.15) is 0 Å². The number of rotatable bonds is 4. The maximum Gasteiger partial charge on any atom is 0.0159 e. The molecule has 276 valence electrons. The SMILES string of the molecule is CC1(C)c2cc(-c3cc(-c4ccc5ccccc5c4)cc(-c4cc5c6ccccc6ccc5c5ccccc45)c3)ccc2-c2ccc(-c3ccc4ccccc4c3)cc21. The van der Waals surface area contributed by atoms with E-state index in [1.165, 1.54) is 121 Å². The van der Waals surface area contributed by atoms with Gasteiger partial charge in [-0.05, 0) is 169 Å². The molecule has 1 aliphatic carbocycles. The lowest BCUT2D eigenvalue weighted by atomic mass is 9.80. The van der Waals surface area contributed by atoms with Gasteiger partial charge in [0.05, 0.1) is 0 Å². The third kappa shape index (κ3) is 5.37. The van der Waals surface area contributed by atoms with Crippen molar-refractivity contribution >= 4 is 53.9 Å². The van der Waals surface area contributed by atoms with Gasteiger partial charge in [-0.25, -0.2) is 0 Å². The molecule has 0 unspecified atom stereocenters. The second kappa shape index (κ2) is 12.9. The first-order valence-electron chi connectivity index (χ1n) is 20.7. The summed E-state index contributed by atoms with van der Waals surface area (Å²) in [5.74, 6) is 0. The molecule has 0 atom stereocenters. The standard InChI is InChI=1S/C59H40/c1-59(2)57-34-44(42-21-19-37-11-3-5-14-40(37)29-42)24-27-53(57)54-28-25-45(35-58(54)59)47-31-46(43-22-20-38-12-4-6-15-41(38)30-43)32-48(33-47)55-36-56-49-16-8-7-13-39(49)23-26-52(56)50-17-9-10-18-51(50)55/h3-36H,1-2H3. The van der Waals surface area contributed by atoms with E-state index >= 15 is 0 Å². The third-order valence-electron chi connectivity index (χ3n) is 13.2. The molecule has 0 saturated heterocycles. The van der Waals surface area contributed by atoms with Gasteiger partial charge in [-0.1, -0.05) is 172 Å². The summed E-state index contributed by atoms with van der Waals surface area (Å²) in [5, 5.41) is 12.7. The molecule has 0 heterocycles. The predicted molar refractivity (Wildman–Crippen MR) is 253 cm³/mol.